The van der Waals surface area contributed by atoms with Gasteiger partial charge in [0.25, 0.3) is 0 Å². The fourth-order valence-corrected chi connectivity index (χ4v) is 2.23. The van der Waals surface area contributed by atoms with Gasteiger partial charge in [-0.05, 0) is 56.0 Å². The summed E-state index contributed by atoms with van der Waals surface area (Å²) < 4.78 is 18.6. The average Bonchev–Trinajstić information content (AvgIpc) is 2.58. The number of nitrogens with one attached hydrogen (secondary N) is 1. The normalized spacial score (nSPS) is 21.1. The van der Waals surface area contributed by atoms with Gasteiger partial charge >= 0.3 is 0 Å². The summed E-state index contributed by atoms with van der Waals surface area (Å²) in [5.74, 6) is 0.461. The van der Waals surface area contributed by atoms with Crippen LogP contribution in [0.4, 0.5) is 4.39 Å². The Balaban J connectivity index is 1.71. The second kappa shape index (κ2) is 6.72. The van der Waals surface area contributed by atoms with E-state index in [0.29, 0.717) is 12.5 Å². The fourth-order valence-electron chi connectivity index (χ4n) is 2.23. The van der Waals surface area contributed by atoms with Gasteiger partial charge in [0.05, 0.1) is 6.61 Å². The molecule has 0 radical (unpaired) electrons. The SMILES string of the molecule is Fc1cccc(COCC2CCCNCC2)c1. The van der Waals surface area contributed by atoms with Gasteiger partial charge in [0.15, 0.2) is 0 Å². The molecule has 1 saturated heterocycles. The minimum absolute atomic E-state index is 0.190. The van der Waals surface area contributed by atoms with E-state index in [1.165, 1.54) is 31.4 Å². The van der Waals surface area contributed by atoms with Gasteiger partial charge in [-0.1, -0.05) is 12.1 Å². The van der Waals surface area contributed by atoms with Gasteiger partial charge in [-0.2, -0.15) is 0 Å². The maximum atomic E-state index is 12.9. The van der Waals surface area contributed by atoms with E-state index in [1.807, 2.05) is 6.07 Å². The van der Waals surface area contributed by atoms with Crippen LogP contribution in [-0.4, -0.2) is 19.7 Å². The molecule has 3 heteroatoms. The number of hydrogen-bond donors (Lipinski definition) is 1. The van der Waals surface area contributed by atoms with Crippen molar-refractivity contribution in [3.05, 3.63) is 35.6 Å². The van der Waals surface area contributed by atoms with E-state index in [4.69, 9.17) is 4.74 Å². The van der Waals surface area contributed by atoms with E-state index in [0.717, 1.165) is 25.3 Å². The molecule has 1 unspecified atom stereocenters. The number of hydrogen-bond acceptors (Lipinski definition) is 2. The second-order valence-corrected chi connectivity index (χ2v) is 4.69. The van der Waals surface area contributed by atoms with E-state index in [2.05, 4.69) is 5.32 Å². The van der Waals surface area contributed by atoms with Gasteiger partial charge in [-0.15, -0.1) is 0 Å². The van der Waals surface area contributed by atoms with E-state index in [-0.39, 0.29) is 5.82 Å². The Kier molecular flexibility index (Phi) is 4.95. The average molecular weight is 237 g/mol. The largest absolute Gasteiger partial charge is 0.376 e. The summed E-state index contributed by atoms with van der Waals surface area (Å²) in [5, 5.41) is 3.39. The fraction of sp³-hybridized carbons (Fsp3) is 0.571. The molecule has 1 heterocycles. The number of benzene rings is 1. The zero-order valence-electron chi connectivity index (χ0n) is 10.1. The van der Waals surface area contributed by atoms with Crippen molar-refractivity contribution in [2.24, 2.45) is 5.92 Å². The zero-order chi connectivity index (χ0) is 11.9. The second-order valence-electron chi connectivity index (χ2n) is 4.69. The molecule has 0 amide bonds. The third-order valence-electron chi connectivity index (χ3n) is 3.21. The summed E-state index contributed by atoms with van der Waals surface area (Å²) in [4.78, 5) is 0. The van der Waals surface area contributed by atoms with Crippen LogP contribution in [0.15, 0.2) is 24.3 Å². The van der Waals surface area contributed by atoms with Gasteiger partial charge in [0.1, 0.15) is 5.82 Å². The lowest BCUT2D eigenvalue weighted by molar-refractivity contribution is 0.0828. The molecule has 2 rings (SSSR count). The Morgan fingerprint density at radius 2 is 2.24 bits per heavy atom. The molecule has 17 heavy (non-hydrogen) atoms. The monoisotopic (exact) mass is 237 g/mol. The smallest absolute Gasteiger partial charge is 0.123 e. The van der Waals surface area contributed by atoms with Crippen LogP contribution in [0.2, 0.25) is 0 Å². The molecule has 1 aromatic carbocycles. The van der Waals surface area contributed by atoms with Crippen molar-refractivity contribution in [2.45, 2.75) is 25.9 Å². The summed E-state index contributed by atoms with van der Waals surface area (Å²) >= 11 is 0. The van der Waals surface area contributed by atoms with Crippen LogP contribution in [0.3, 0.4) is 0 Å². The lowest BCUT2D eigenvalue weighted by Crippen LogP contribution is -2.15. The first-order chi connectivity index (χ1) is 8.34. The van der Waals surface area contributed by atoms with Crippen molar-refractivity contribution in [2.75, 3.05) is 19.7 Å². The van der Waals surface area contributed by atoms with Gasteiger partial charge in [-0.25, -0.2) is 4.39 Å². The predicted molar refractivity (Wildman–Crippen MR) is 66.3 cm³/mol. The Bertz CT molecular complexity index is 335. The topological polar surface area (TPSA) is 21.3 Å². The summed E-state index contributed by atoms with van der Waals surface area (Å²) in [7, 11) is 0. The first kappa shape index (κ1) is 12.5. The van der Waals surface area contributed by atoms with Crippen LogP contribution in [0.5, 0.6) is 0 Å². The van der Waals surface area contributed by atoms with Crippen LogP contribution in [0.25, 0.3) is 0 Å². The molecule has 1 N–H and O–H groups in total. The van der Waals surface area contributed by atoms with Gasteiger partial charge < -0.3 is 10.1 Å². The molecule has 0 saturated carbocycles. The van der Waals surface area contributed by atoms with Gasteiger partial charge in [0, 0.05) is 6.61 Å². The maximum absolute atomic E-state index is 12.9. The maximum Gasteiger partial charge on any atom is 0.123 e. The highest BCUT2D eigenvalue weighted by molar-refractivity contribution is 5.15. The molecule has 1 fully saturated rings. The highest BCUT2D eigenvalue weighted by atomic mass is 19.1. The molecule has 0 bridgehead atoms. The van der Waals surface area contributed by atoms with Crippen molar-refractivity contribution >= 4 is 0 Å². The van der Waals surface area contributed by atoms with Crippen LogP contribution in [0.1, 0.15) is 24.8 Å². The molecule has 1 aliphatic rings. The molecule has 0 aliphatic carbocycles. The minimum atomic E-state index is -0.190. The minimum Gasteiger partial charge on any atom is -0.376 e. The molecule has 1 aliphatic heterocycles. The summed E-state index contributed by atoms with van der Waals surface area (Å²) in [6.07, 6.45) is 3.65. The number of rotatable bonds is 4. The third kappa shape index (κ3) is 4.44. The van der Waals surface area contributed by atoms with Gasteiger partial charge in [0.2, 0.25) is 0 Å². The highest BCUT2D eigenvalue weighted by Gasteiger charge is 2.11. The number of ether oxygens (including phenoxy) is 1. The molecular weight excluding hydrogens is 217 g/mol. The van der Waals surface area contributed by atoms with Crippen molar-refractivity contribution < 1.29 is 9.13 Å². The first-order valence-corrected chi connectivity index (χ1v) is 6.37. The van der Waals surface area contributed by atoms with Crippen molar-refractivity contribution in [3.8, 4) is 0 Å². The Hall–Kier alpha value is -0.930. The van der Waals surface area contributed by atoms with Crippen LogP contribution < -0.4 is 5.32 Å². The Morgan fingerprint density at radius 1 is 1.29 bits per heavy atom. The highest BCUT2D eigenvalue weighted by Crippen LogP contribution is 2.14. The molecule has 1 aromatic rings. The van der Waals surface area contributed by atoms with Gasteiger partial charge in [-0.3, -0.25) is 0 Å². The quantitative estimate of drug-likeness (QED) is 0.869. The Labute approximate surface area is 102 Å². The molecule has 1 atom stereocenters. The Morgan fingerprint density at radius 3 is 3.12 bits per heavy atom. The van der Waals surface area contributed by atoms with E-state index in [1.54, 1.807) is 6.07 Å². The molecule has 0 aromatic heterocycles. The van der Waals surface area contributed by atoms with E-state index >= 15 is 0 Å². The molecule has 0 spiro atoms. The van der Waals surface area contributed by atoms with Crippen LogP contribution in [-0.2, 0) is 11.3 Å². The van der Waals surface area contributed by atoms with Crippen molar-refractivity contribution in [1.82, 2.24) is 5.32 Å². The molecular formula is C14H20FNO. The van der Waals surface area contributed by atoms with Crippen LogP contribution >= 0.6 is 0 Å². The standard InChI is InChI=1S/C14H20FNO/c15-14-5-1-3-13(9-14)11-17-10-12-4-2-7-16-8-6-12/h1,3,5,9,12,16H,2,4,6-8,10-11H2. The predicted octanol–water partition coefficient (Wildman–Crippen LogP) is 2.73. The third-order valence-corrected chi connectivity index (χ3v) is 3.21. The molecule has 2 nitrogen and oxygen atoms in total. The lowest BCUT2D eigenvalue weighted by Gasteiger charge is -2.13. The van der Waals surface area contributed by atoms with Crippen molar-refractivity contribution in [1.29, 1.82) is 0 Å². The zero-order valence-corrected chi connectivity index (χ0v) is 10.1. The van der Waals surface area contributed by atoms with E-state index < -0.39 is 0 Å². The van der Waals surface area contributed by atoms with Crippen LogP contribution in [0, 0.1) is 11.7 Å². The summed E-state index contributed by atoms with van der Waals surface area (Å²) in [6.45, 7) is 3.52. The summed E-state index contributed by atoms with van der Waals surface area (Å²) in [5.41, 5.74) is 0.914. The number of halogens is 1. The molecule has 94 valence electrons. The lowest BCUT2D eigenvalue weighted by atomic mass is 10.0. The summed E-state index contributed by atoms with van der Waals surface area (Å²) in [6, 6.07) is 6.62. The van der Waals surface area contributed by atoms with Crippen molar-refractivity contribution in [3.63, 3.8) is 0 Å². The first-order valence-electron chi connectivity index (χ1n) is 6.37. The van der Waals surface area contributed by atoms with E-state index in [9.17, 15) is 4.39 Å².